The van der Waals surface area contributed by atoms with Gasteiger partial charge in [-0.1, -0.05) is 49.6 Å². The first-order valence-corrected chi connectivity index (χ1v) is 14.1. The minimum Gasteiger partial charge on any atom is -0.334 e. The van der Waals surface area contributed by atoms with Crippen molar-refractivity contribution in [2.24, 2.45) is 0 Å². The summed E-state index contributed by atoms with van der Waals surface area (Å²) in [6, 6.07) is 11.4. The van der Waals surface area contributed by atoms with Gasteiger partial charge in [0.05, 0.1) is 23.2 Å². The van der Waals surface area contributed by atoms with Gasteiger partial charge in [0.25, 0.3) is 5.56 Å². The molecule has 1 saturated heterocycles. The van der Waals surface area contributed by atoms with Crippen LogP contribution >= 0.6 is 11.3 Å². The zero-order valence-electron chi connectivity index (χ0n) is 18.4. The molecule has 1 aromatic carbocycles. The summed E-state index contributed by atoms with van der Waals surface area (Å²) in [5.41, 5.74) is 0.780. The molecule has 1 unspecified atom stereocenters. The number of sulfone groups is 1. The number of carbonyl (C=O) groups excluding carboxylic acids is 1. The molecule has 1 aliphatic carbocycles. The number of benzene rings is 1. The van der Waals surface area contributed by atoms with E-state index < -0.39 is 9.84 Å². The summed E-state index contributed by atoms with van der Waals surface area (Å²) in [6.45, 7) is -0.120. The molecule has 5 rings (SSSR count). The van der Waals surface area contributed by atoms with Crippen molar-refractivity contribution in [1.29, 1.82) is 0 Å². The maximum atomic E-state index is 13.5. The summed E-state index contributed by atoms with van der Waals surface area (Å²) in [5.74, 6) is -0.0451. The van der Waals surface area contributed by atoms with Crippen LogP contribution < -0.4 is 5.56 Å². The molecule has 0 N–H and O–H groups in total. The summed E-state index contributed by atoms with van der Waals surface area (Å²) >= 11 is 1.45. The SMILES string of the molecule is O=C(Cn1cnc2sc(-c3ccccc3)cc2c1=O)N(C1CCCCC1)C1CCS(=O)(=O)C1. The molecule has 1 amide bonds. The van der Waals surface area contributed by atoms with Crippen molar-refractivity contribution in [1.82, 2.24) is 14.5 Å². The quantitative estimate of drug-likeness (QED) is 0.552. The number of aromatic nitrogens is 2. The fourth-order valence-electron chi connectivity index (χ4n) is 5.10. The van der Waals surface area contributed by atoms with E-state index in [1.165, 1.54) is 22.2 Å². The average molecular weight is 486 g/mol. The summed E-state index contributed by atoms with van der Waals surface area (Å²) in [4.78, 5) is 34.5. The van der Waals surface area contributed by atoms with Crippen molar-refractivity contribution in [2.75, 3.05) is 11.5 Å². The molecule has 2 fully saturated rings. The van der Waals surface area contributed by atoms with Gasteiger partial charge in [0.15, 0.2) is 9.84 Å². The van der Waals surface area contributed by atoms with Crippen molar-refractivity contribution in [2.45, 2.75) is 57.2 Å². The van der Waals surface area contributed by atoms with E-state index in [9.17, 15) is 18.0 Å². The Morgan fingerprint density at radius 3 is 2.55 bits per heavy atom. The van der Waals surface area contributed by atoms with Gasteiger partial charge in [0, 0.05) is 17.0 Å². The standard InChI is InChI=1S/C24H27N3O4S2/c28-22(27(18-9-5-2-6-10-18)19-11-12-33(30,31)15-19)14-26-16-25-23-20(24(26)29)13-21(32-23)17-7-3-1-4-8-17/h1,3-4,7-8,13,16,18-19H,2,5-6,9-12,14-15H2. The van der Waals surface area contributed by atoms with Gasteiger partial charge in [-0.15, -0.1) is 11.3 Å². The average Bonchev–Trinajstić information content (AvgIpc) is 3.41. The Bertz CT molecular complexity index is 1320. The van der Waals surface area contributed by atoms with Gasteiger partial charge >= 0.3 is 0 Å². The topological polar surface area (TPSA) is 89.3 Å². The number of hydrogen-bond donors (Lipinski definition) is 0. The van der Waals surface area contributed by atoms with E-state index in [2.05, 4.69) is 4.98 Å². The molecule has 0 bridgehead atoms. The maximum Gasteiger partial charge on any atom is 0.262 e. The van der Waals surface area contributed by atoms with Gasteiger partial charge in [0.2, 0.25) is 5.91 Å². The van der Waals surface area contributed by atoms with Gasteiger partial charge in [-0.25, -0.2) is 13.4 Å². The number of thiophene rings is 1. The van der Waals surface area contributed by atoms with Crippen molar-refractivity contribution < 1.29 is 13.2 Å². The predicted octanol–water partition coefficient (Wildman–Crippen LogP) is 3.47. The van der Waals surface area contributed by atoms with E-state index in [0.717, 1.165) is 42.5 Å². The van der Waals surface area contributed by atoms with E-state index >= 15 is 0 Å². The Balaban J connectivity index is 1.43. The summed E-state index contributed by atoms with van der Waals surface area (Å²) < 4.78 is 25.6. The third-order valence-electron chi connectivity index (χ3n) is 6.74. The second-order valence-corrected chi connectivity index (χ2v) is 12.3. The van der Waals surface area contributed by atoms with Crippen LogP contribution in [0.15, 0.2) is 47.5 Å². The highest BCUT2D eigenvalue weighted by Crippen LogP contribution is 2.31. The van der Waals surface area contributed by atoms with E-state index in [1.807, 2.05) is 36.4 Å². The highest BCUT2D eigenvalue weighted by Gasteiger charge is 2.38. The van der Waals surface area contributed by atoms with E-state index in [0.29, 0.717) is 16.6 Å². The Kier molecular flexibility index (Phi) is 6.09. The lowest BCUT2D eigenvalue weighted by atomic mass is 9.93. The molecule has 9 heteroatoms. The van der Waals surface area contributed by atoms with E-state index in [-0.39, 0.29) is 41.6 Å². The monoisotopic (exact) mass is 485 g/mol. The fourth-order valence-corrected chi connectivity index (χ4v) is 7.81. The second-order valence-electron chi connectivity index (χ2n) is 9.02. The van der Waals surface area contributed by atoms with Crippen LogP contribution in [0, 0.1) is 0 Å². The van der Waals surface area contributed by atoms with Crippen molar-refractivity contribution >= 4 is 37.3 Å². The van der Waals surface area contributed by atoms with Crippen LogP contribution in [-0.4, -0.2) is 52.4 Å². The van der Waals surface area contributed by atoms with Gasteiger partial charge in [0.1, 0.15) is 11.4 Å². The molecule has 0 radical (unpaired) electrons. The zero-order valence-corrected chi connectivity index (χ0v) is 20.0. The van der Waals surface area contributed by atoms with Crippen LogP contribution in [0.4, 0.5) is 0 Å². The number of nitrogens with zero attached hydrogens (tertiary/aromatic N) is 3. The fraction of sp³-hybridized carbons (Fsp3) is 0.458. The first-order valence-electron chi connectivity index (χ1n) is 11.5. The van der Waals surface area contributed by atoms with Crippen LogP contribution in [-0.2, 0) is 21.2 Å². The Morgan fingerprint density at radius 2 is 1.85 bits per heavy atom. The van der Waals surface area contributed by atoms with Gasteiger partial charge in [-0.3, -0.25) is 14.2 Å². The highest BCUT2D eigenvalue weighted by atomic mass is 32.2. The largest absolute Gasteiger partial charge is 0.334 e. The molecule has 2 aromatic heterocycles. The highest BCUT2D eigenvalue weighted by molar-refractivity contribution is 7.91. The van der Waals surface area contributed by atoms with E-state index in [1.54, 1.807) is 4.90 Å². The smallest absolute Gasteiger partial charge is 0.262 e. The molecule has 0 spiro atoms. The molecule has 3 heterocycles. The number of amides is 1. The zero-order chi connectivity index (χ0) is 23.0. The molecule has 2 aliphatic rings. The summed E-state index contributed by atoms with van der Waals surface area (Å²) in [5, 5.41) is 0.502. The van der Waals surface area contributed by atoms with Gasteiger partial charge in [-0.2, -0.15) is 0 Å². The van der Waals surface area contributed by atoms with Crippen LogP contribution in [0.25, 0.3) is 20.7 Å². The van der Waals surface area contributed by atoms with Crippen LogP contribution in [0.1, 0.15) is 38.5 Å². The molecule has 33 heavy (non-hydrogen) atoms. The Morgan fingerprint density at radius 1 is 1.09 bits per heavy atom. The lowest BCUT2D eigenvalue weighted by Crippen LogP contribution is -2.50. The number of carbonyl (C=O) groups is 1. The minimum atomic E-state index is -3.12. The minimum absolute atomic E-state index is 0.0202. The molecule has 1 aliphatic heterocycles. The molecule has 3 aromatic rings. The predicted molar refractivity (Wildman–Crippen MR) is 130 cm³/mol. The molecule has 174 valence electrons. The van der Waals surface area contributed by atoms with Crippen LogP contribution in [0.2, 0.25) is 0 Å². The third-order valence-corrected chi connectivity index (χ3v) is 9.58. The van der Waals surface area contributed by atoms with Gasteiger partial charge < -0.3 is 4.90 Å². The lowest BCUT2D eigenvalue weighted by Gasteiger charge is -2.38. The number of fused-ring (bicyclic) bond motifs is 1. The van der Waals surface area contributed by atoms with E-state index in [4.69, 9.17) is 0 Å². The maximum absolute atomic E-state index is 13.5. The third kappa shape index (κ3) is 4.61. The van der Waals surface area contributed by atoms with Crippen LogP contribution in [0.5, 0.6) is 0 Å². The van der Waals surface area contributed by atoms with Crippen molar-refractivity contribution in [3.63, 3.8) is 0 Å². The number of rotatable bonds is 5. The normalized spacial score (nSPS) is 20.8. The molecular weight excluding hydrogens is 458 g/mol. The summed E-state index contributed by atoms with van der Waals surface area (Å²) in [7, 11) is -3.12. The Labute approximate surface area is 197 Å². The van der Waals surface area contributed by atoms with Crippen molar-refractivity contribution in [3.8, 4) is 10.4 Å². The molecular formula is C24H27N3O4S2. The molecule has 1 saturated carbocycles. The Hall–Kier alpha value is -2.52. The number of hydrogen-bond acceptors (Lipinski definition) is 6. The summed E-state index contributed by atoms with van der Waals surface area (Å²) in [6.07, 6.45) is 6.92. The lowest BCUT2D eigenvalue weighted by molar-refractivity contribution is -0.137. The second kappa shape index (κ2) is 9.02. The molecule has 1 atom stereocenters. The first kappa shape index (κ1) is 22.3. The van der Waals surface area contributed by atoms with Crippen molar-refractivity contribution in [3.05, 3.63) is 53.1 Å². The van der Waals surface area contributed by atoms with Gasteiger partial charge in [-0.05, 0) is 30.9 Å². The van der Waals surface area contributed by atoms with Crippen LogP contribution in [0.3, 0.4) is 0 Å². The molecule has 7 nitrogen and oxygen atoms in total. The first-order chi connectivity index (χ1) is 15.9.